The zero-order chi connectivity index (χ0) is 26.6. The molecule has 3 unspecified atom stereocenters. The molecule has 1 aliphatic rings. The fourth-order valence-electron chi connectivity index (χ4n) is 5.97. The van der Waals surface area contributed by atoms with Gasteiger partial charge in [0.2, 0.25) is 0 Å². The molecule has 4 aromatic rings. The number of nitriles is 1. The topological polar surface area (TPSA) is 161 Å². The van der Waals surface area contributed by atoms with Crippen LogP contribution in [0.3, 0.4) is 0 Å². The molecule has 190 valence electrons. The fraction of sp³-hybridized carbons (Fsp3) is 0.345. The molecule has 7 N–H and O–H groups in total. The van der Waals surface area contributed by atoms with Crippen molar-refractivity contribution in [2.24, 2.45) is 22.8 Å². The number of amides is 1. The Labute approximate surface area is 215 Å². The van der Waals surface area contributed by atoms with Crippen LogP contribution in [0, 0.1) is 29.6 Å². The normalized spacial score (nSPS) is 19.6. The Morgan fingerprint density at radius 3 is 2.73 bits per heavy atom. The molecule has 8 heteroatoms. The molecule has 0 radical (unpaired) electrons. The first-order valence-electron chi connectivity index (χ1n) is 12.5. The number of nitrogen functional groups attached to an aromatic ring is 1. The Kier molecular flexibility index (Phi) is 5.84. The van der Waals surface area contributed by atoms with Crippen LogP contribution in [0.15, 0.2) is 34.9 Å². The van der Waals surface area contributed by atoms with Crippen LogP contribution >= 0.6 is 0 Å². The van der Waals surface area contributed by atoms with E-state index >= 15 is 0 Å². The first-order chi connectivity index (χ1) is 17.6. The number of H-pyrrole nitrogens is 1. The van der Waals surface area contributed by atoms with Crippen molar-refractivity contribution in [2.75, 3.05) is 5.73 Å². The maximum atomic E-state index is 12.8. The number of hydrogen-bond acceptors (Lipinski definition) is 6. The Balaban J connectivity index is 1.85. The molecular weight excluding hydrogens is 464 g/mol. The Bertz CT molecular complexity index is 1620. The summed E-state index contributed by atoms with van der Waals surface area (Å²) in [5, 5.41) is 18.7. The average molecular weight is 497 g/mol. The highest BCUT2D eigenvalue weighted by atomic mass is 16.3. The number of nitrogens with zero attached hydrogens (tertiary/aromatic N) is 2. The minimum absolute atomic E-state index is 0.00288. The SMILES string of the molecule is CCC1c2c(oc3c(C(N)=O)c(N)c(-c4c(C)ccc5[nH]ncc45)cc23)C=CC(N)C1CC(C)(C)C#N. The Morgan fingerprint density at radius 2 is 2.05 bits per heavy atom. The second-order valence-electron chi connectivity index (χ2n) is 10.7. The molecule has 2 heterocycles. The largest absolute Gasteiger partial charge is 0.455 e. The highest BCUT2D eigenvalue weighted by Crippen LogP contribution is 2.48. The van der Waals surface area contributed by atoms with E-state index in [9.17, 15) is 10.1 Å². The average Bonchev–Trinajstić information content (AvgIpc) is 3.43. The van der Waals surface area contributed by atoms with Gasteiger partial charge in [0.25, 0.3) is 5.91 Å². The molecule has 0 aliphatic heterocycles. The second-order valence-corrected chi connectivity index (χ2v) is 10.7. The molecular formula is C29H32N6O2. The molecule has 0 fully saturated rings. The number of rotatable bonds is 5. The summed E-state index contributed by atoms with van der Waals surface area (Å²) in [5.41, 5.74) is 23.9. The van der Waals surface area contributed by atoms with Gasteiger partial charge in [0.1, 0.15) is 16.9 Å². The van der Waals surface area contributed by atoms with E-state index in [1.54, 1.807) is 6.20 Å². The van der Waals surface area contributed by atoms with Crippen molar-refractivity contribution in [3.05, 3.63) is 52.9 Å². The number of aryl methyl sites for hydroxylation is 1. The highest BCUT2D eigenvalue weighted by molar-refractivity contribution is 6.15. The molecule has 8 nitrogen and oxygen atoms in total. The molecule has 2 aromatic heterocycles. The molecule has 0 saturated carbocycles. The molecule has 1 amide bonds. The third kappa shape index (κ3) is 3.87. The van der Waals surface area contributed by atoms with Gasteiger partial charge in [-0.3, -0.25) is 9.89 Å². The number of carbonyl (C=O) groups is 1. The molecule has 0 saturated heterocycles. The van der Waals surface area contributed by atoms with E-state index in [-0.39, 0.29) is 29.1 Å². The Hall–Kier alpha value is -4.09. The highest BCUT2D eigenvalue weighted by Gasteiger charge is 2.38. The summed E-state index contributed by atoms with van der Waals surface area (Å²) < 4.78 is 6.32. The predicted octanol–water partition coefficient (Wildman–Crippen LogP) is 5.37. The van der Waals surface area contributed by atoms with Crippen molar-refractivity contribution in [3.63, 3.8) is 0 Å². The number of furan rings is 1. The lowest BCUT2D eigenvalue weighted by molar-refractivity contribution is 0.100. The lowest BCUT2D eigenvalue weighted by Gasteiger charge is -2.32. The van der Waals surface area contributed by atoms with Gasteiger partial charge in [0.05, 0.1) is 28.9 Å². The van der Waals surface area contributed by atoms with Crippen molar-refractivity contribution in [1.29, 1.82) is 5.26 Å². The van der Waals surface area contributed by atoms with Gasteiger partial charge in [0.15, 0.2) is 0 Å². The number of hydrogen-bond donors (Lipinski definition) is 4. The molecule has 1 aliphatic carbocycles. The molecule has 5 rings (SSSR count). The zero-order valence-corrected chi connectivity index (χ0v) is 21.6. The zero-order valence-electron chi connectivity index (χ0n) is 21.6. The lowest BCUT2D eigenvalue weighted by Crippen LogP contribution is -2.35. The number of aromatic nitrogens is 2. The van der Waals surface area contributed by atoms with Crippen LogP contribution in [0.5, 0.6) is 0 Å². The summed E-state index contributed by atoms with van der Waals surface area (Å²) in [6.45, 7) is 7.99. The Morgan fingerprint density at radius 1 is 1.30 bits per heavy atom. The quantitative estimate of drug-likeness (QED) is 0.272. The lowest BCUT2D eigenvalue weighted by atomic mass is 9.72. The van der Waals surface area contributed by atoms with Crippen molar-refractivity contribution in [2.45, 2.75) is 52.5 Å². The van der Waals surface area contributed by atoms with E-state index < -0.39 is 11.3 Å². The minimum Gasteiger partial charge on any atom is -0.455 e. The second kappa shape index (κ2) is 8.79. The van der Waals surface area contributed by atoms with Crippen LogP contribution in [0.4, 0.5) is 5.69 Å². The number of primary amides is 1. The monoisotopic (exact) mass is 496 g/mol. The number of aromatic amines is 1. The minimum atomic E-state index is -0.652. The van der Waals surface area contributed by atoms with Gasteiger partial charge in [-0.2, -0.15) is 10.4 Å². The number of benzene rings is 2. The van der Waals surface area contributed by atoms with Gasteiger partial charge in [-0.25, -0.2) is 0 Å². The van der Waals surface area contributed by atoms with Crippen molar-refractivity contribution in [1.82, 2.24) is 10.2 Å². The van der Waals surface area contributed by atoms with E-state index in [1.807, 2.05) is 51.1 Å². The summed E-state index contributed by atoms with van der Waals surface area (Å²) in [6, 6.07) is 8.15. The maximum Gasteiger partial charge on any atom is 0.254 e. The fourth-order valence-corrected chi connectivity index (χ4v) is 5.97. The molecule has 0 bridgehead atoms. The third-order valence-corrected chi connectivity index (χ3v) is 7.78. The number of nitrogens with one attached hydrogen (secondary N) is 1. The van der Waals surface area contributed by atoms with Crippen LogP contribution in [0.25, 0.3) is 39.1 Å². The summed E-state index contributed by atoms with van der Waals surface area (Å²) in [4.78, 5) is 12.8. The van der Waals surface area contributed by atoms with Gasteiger partial charge in [-0.15, -0.1) is 0 Å². The molecule has 37 heavy (non-hydrogen) atoms. The van der Waals surface area contributed by atoms with Crippen LogP contribution in [-0.4, -0.2) is 22.1 Å². The van der Waals surface area contributed by atoms with Crippen molar-refractivity contribution < 1.29 is 9.21 Å². The van der Waals surface area contributed by atoms with E-state index in [0.29, 0.717) is 23.3 Å². The van der Waals surface area contributed by atoms with Crippen LogP contribution in [0.2, 0.25) is 0 Å². The van der Waals surface area contributed by atoms with Crippen molar-refractivity contribution in [3.8, 4) is 17.2 Å². The number of anilines is 1. The van der Waals surface area contributed by atoms with Crippen LogP contribution in [0.1, 0.15) is 66.8 Å². The van der Waals surface area contributed by atoms with Gasteiger partial charge in [-0.05, 0) is 74.8 Å². The molecule has 3 atom stereocenters. The first-order valence-corrected chi connectivity index (χ1v) is 12.5. The third-order valence-electron chi connectivity index (χ3n) is 7.78. The maximum absolute atomic E-state index is 12.8. The number of carbonyl (C=O) groups excluding carboxylic acids is 1. The van der Waals surface area contributed by atoms with E-state index in [4.69, 9.17) is 21.6 Å². The van der Waals surface area contributed by atoms with E-state index in [0.717, 1.165) is 39.4 Å². The van der Waals surface area contributed by atoms with Gasteiger partial charge >= 0.3 is 0 Å². The van der Waals surface area contributed by atoms with Gasteiger partial charge < -0.3 is 21.6 Å². The van der Waals surface area contributed by atoms with Crippen LogP contribution in [-0.2, 0) is 0 Å². The van der Waals surface area contributed by atoms with Gasteiger partial charge in [-0.1, -0.05) is 19.1 Å². The summed E-state index contributed by atoms with van der Waals surface area (Å²) in [7, 11) is 0. The summed E-state index contributed by atoms with van der Waals surface area (Å²) in [6.07, 6.45) is 6.98. The van der Waals surface area contributed by atoms with E-state index in [2.05, 4.69) is 23.2 Å². The van der Waals surface area contributed by atoms with E-state index in [1.165, 1.54) is 0 Å². The molecule has 0 spiro atoms. The van der Waals surface area contributed by atoms with Gasteiger partial charge in [0, 0.05) is 27.9 Å². The van der Waals surface area contributed by atoms with Crippen LogP contribution < -0.4 is 17.2 Å². The first kappa shape index (κ1) is 24.6. The number of nitrogens with two attached hydrogens (primary N) is 3. The van der Waals surface area contributed by atoms with Crippen molar-refractivity contribution >= 4 is 39.5 Å². The summed E-state index contributed by atoms with van der Waals surface area (Å²) in [5.74, 6) is -0.0139. The smallest absolute Gasteiger partial charge is 0.254 e. The predicted molar refractivity (Wildman–Crippen MR) is 147 cm³/mol. The standard InChI is InChI=1S/C29H32N6O2/c1-5-15-18(11-29(3,4)13-30)20(31)7-9-22-24(15)17-10-16(26(32)25(28(33)36)27(17)37-22)23-14(2)6-8-21-19(23)12-34-35-21/h6-10,12,15,18,20H,5,11,31-32H2,1-4H3,(H2,33,36)(H,34,35). The summed E-state index contributed by atoms with van der Waals surface area (Å²) >= 11 is 0. The molecule has 2 aromatic carbocycles. The number of fused-ring (bicyclic) bond motifs is 4.